The second-order valence-electron chi connectivity index (χ2n) is 7.75. The third-order valence-corrected chi connectivity index (χ3v) is 5.54. The zero-order chi connectivity index (χ0) is 19.8. The molecule has 0 atom stereocenters. The van der Waals surface area contributed by atoms with Crippen molar-refractivity contribution in [3.63, 3.8) is 0 Å². The fourth-order valence-corrected chi connectivity index (χ4v) is 3.75. The Morgan fingerprint density at radius 2 is 1.83 bits per heavy atom. The molecule has 0 bridgehead atoms. The number of benzene rings is 2. The Kier molecular flexibility index (Phi) is 4.43. The zero-order valence-electron chi connectivity index (χ0n) is 16.1. The molecule has 0 unspecified atom stereocenters. The maximum Gasteiger partial charge on any atom is 0.254 e. The Labute approximate surface area is 169 Å². The molecule has 0 saturated heterocycles. The van der Waals surface area contributed by atoms with Crippen LogP contribution in [0.3, 0.4) is 0 Å². The van der Waals surface area contributed by atoms with E-state index in [9.17, 15) is 9.59 Å². The van der Waals surface area contributed by atoms with E-state index >= 15 is 0 Å². The Morgan fingerprint density at radius 1 is 1.00 bits per heavy atom. The highest BCUT2D eigenvalue weighted by molar-refractivity contribution is 5.95. The fraction of sp³-hybridized carbons (Fsp3) is 0.250. The highest BCUT2D eigenvalue weighted by Gasteiger charge is 2.29. The van der Waals surface area contributed by atoms with Crippen LogP contribution in [0, 0.1) is 5.92 Å². The number of furan rings is 1. The summed E-state index contributed by atoms with van der Waals surface area (Å²) in [6.45, 7) is 1.19. The fourth-order valence-electron chi connectivity index (χ4n) is 3.75. The minimum Gasteiger partial charge on any atom is -0.461 e. The van der Waals surface area contributed by atoms with Crippen LogP contribution in [0.15, 0.2) is 65.1 Å². The summed E-state index contributed by atoms with van der Waals surface area (Å²) in [7, 11) is 0. The smallest absolute Gasteiger partial charge is 0.254 e. The molecule has 1 saturated carbocycles. The van der Waals surface area contributed by atoms with Crippen molar-refractivity contribution in [2.45, 2.75) is 25.8 Å². The lowest BCUT2D eigenvalue weighted by Crippen LogP contribution is -2.35. The van der Waals surface area contributed by atoms with Gasteiger partial charge in [-0.15, -0.1) is 0 Å². The lowest BCUT2D eigenvalue weighted by molar-refractivity contribution is -0.117. The van der Waals surface area contributed by atoms with Crippen LogP contribution in [0.25, 0.3) is 11.3 Å². The van der Waals surface area contributed by atoms with Gasteiger partial charge in [-0.1, -0.05) is 30.3 Å². The van der Waals surface area contributed by atoms with Crippen molar-refractivity contribution in [1.82, 2.24) is 4.90 Å². The van der Waals surface area contributed by atoms with Crippen molar-refractivity contribution in [2.24, 2.45) is 5.92 Å². The quantitative estimate of drug-likeness (QED) is 0.718. The van der Waals surface area contributed by atoms with E-state index in [1.54, 1.807) is 0 Å². The first-order valence-corrected chi connectivity index (χ1v) is 10.0. The minimum absolute atomic E-state index is 0.0452. The molecule has 1 aliphatic carbocycles. The summed E-state index contributed by atoms with van der Waals surface area (Å²) in [5.74, 6) is 2.01. The Balaban J connectivity index is 1.34. The molecule has 5 rings (SSSR count). The van der Waals surface area contributed by atoms with Gasteiger partial charge in [-0.25, -0.2) is 0 Å². The van der Waals surface area contributed by atoms with Gasteiger partial charge in [0.2, 0.25) is 5.91 Å². The summed E-state index contributed by atoms with van der Waals surface area (Å²) < 4.78 is 6.10. The monoisotopic (exact) mass is 386 g/mol. The third kappa shape index (κ3) is 3.68. The van der Waals surface area contributed by atoms with E-state index in [2.05, 4.69) is 5.32 Å². The van der Waals surface area contributed by atoms with E-state index in [4.69, 9.17) is 4.42 Å². The summed E-state index contributed by atoms with van der Waals surface area (Å²) >= 11 is 0. The number of fused-ring (bicyclic) bond motifs is 1. The average molecular weight is 386 g/mol. The van der Waals surface area contributed by atoms with Gasteiger partial charge in [-0.05, 0) is 43.2 Å². The van der Waals surface area contributed by atoms with Crippen LogP contribution in [-0.4, -0.2) is 23.3 Å². The molecule has 0 spiro atoms. The summed E-state index contributed by atoms with van der Waals surface area (Å²) in [4.78, 5) is 26.6. The second-order valence-corrected chi connectivity index (χ2v) is 7.75. The number of hydrogen-bond donors (Lipinski definition) is 1. The molecule has 2 aliphatic rings. The molecule has 1 aliphatic heterocycles. The highest BCUT2D eigenvalue weighted by Crippen LogP contribution is 2.33. The predicted molar refractivity (Wildman–Crippen MR) is 110 cm³/mol. The summed E-state index contributed by atoms with van der Waals surface area (Å²) in [6.07, 6.45) is 2.66. The summed E-state index contributed by atoms with van der Waals surface area (Å²) in [5.41, 5.74) is 3.46. The lowest BCUT2D eigenvalue weighted by Gasteiger charge is -2.26. The molecule has 5 heteroatoms. The molecule has 0 radical (unpaired) electrons. The van der Waals surface area contributed by atoms with E-state index in [0.29, 0.717) is 25.1 Å². The number of hydrogen-bond acceptors (Lipinski definition) is 3. The van der Waals surface area contributed by atoms with Gasteiger partial charge in [0.25, 0.3) is 5.91 Å². The van der Waals surface area contributed by atoms with Crippen LogP contribution in [0.2, 0.25) is 0 Å². The van der Waals surface area contributed by atoms with Gasteiger partial charge in [0.15, 0.2) is 0 Å². The zero-order valence-corrected chi connectivity index (χ0v) is 16.1. The molecule has 146 valence electrons. The topological polar surface area (TPSA) is 62.6 Å². The molecule has 1 aromatic heterocycles. The van der Waals surface area contributed by atoms with Gasteiger partial charge in [0, 0.05) is 47.8 Å². The van der Waals surface area contributed by atoms with Crippen LogP contribution in [0.5, 0.6) is 0 Å². The summed E-state index contributed by atoms with van der Waals surface area (Å²) in [6, 6.07) is 19.1. The van der Waals surface area contributed by atoms with Crippen molar-refractivity contribution in [1.29, 1.82) is 0 Å². The maximum atomic E-state index is 12.7. The highest BCUT2D eigenvalue weighted by atomic mass is 16.3. The van der Waals surface area contributed by atoms with Gasteiger partial charge in [0.1, 0.15) is 11.5 Å². The molecule has 2 amide bonds. The van der Waals surface area contributed by atoms with Crippen molar-refractivity contribution < 1.29 is 14.0 Å². The van der Waals surface area contributed by atoms with Gasteiger partial charge in [-0.2, -0.15) is 0 Å². The van der Waals surface area contributed by atoms with Crippen molar-refractivity contribution in [2.75, 3.05) is 11.9 Å². The van der Waals surface area contributed by atoms with E-state index in [0.717, 1.165) is 41.2 Å². The van der Waals surface area contributed by atoms with E-state index in [-0.39, 0.29) is 17.7 Å². The first-order valence-electron chi connectivity index (χ1n) is 10.0. The van der Waals surface area contributed by atoms with E-state index < -0.39 is 0 Å². The minimum atomic E-state index is 0.0452. The molecule has 1 N–H and O–H groups in total. The predicted octanol–water partition coefficient (Wildman–Crippen LogP) is 4.49. The van der Waals surface area contributed by atoms with Crippen molar-refractivity contribution in [3.05, 3.63) is 77.6 Å². The van der Waals surface area contributed by atoms with Crippen LogP contribution >= 0.6 is 0 Å². The average Bonchev–Trinajstić information content (AvgIpc) is 3.53. The second kappa shape index (κ2) is 7.24. The Bertz CT molecular complexity index is 1070. The molecular weight excluding hydrogens is 364 g/mol. The van der Waals surface area contributed by atoms with E-state index in [1.807, 2.05) is 65.6 Å². The van der Waals surface area contributed by atoms with Crippen molar-refractivity contribution >= 4 is 17.5 Å². The van der Waals surface area contributed by atoms with Crippen molar-refractivity contribution in [3.8, 4) is 11.3 Å². The molecule has 29 heavy (non-hydrogen) atoms. The molecular formula is C24H22N2O3. The number of nitrogens with one attached hydrogen (secondary N) is 1. The van der Waals surface area contributed by atoms with E-state index in [1.165, 1.54) is 0 Å². The largest absolute Gasteiger partial charge is 0.461 e. The molecule has 5 nitrogen and oxygen atoms in total. The number of nitrogens with zero attached hydrogens (tertiary/aromatic N) is 1. The number of amides is 2. The van der Waals surface area contributed by atoms with Gasteiger partial charge in [-0.3, -0.25) is 9.59 Å². The number of anilines is 1. The first kappa shape index (κ1) is 17.7. The van der Waals surface area contributed by atoms with Crippen LogP contribution in [0.1, 0.15) is 34.5 Å². The van der Waals surface area contributed by atoms with Gasteiger partial charge < -0.3 is 14.6 Å². The molecule has 3 aromatic rings. The number of carbonyl (C=O) groups excluding carboxylic acids is 2. The summed E-state index contributed by atoms with van der Waals surface area (Å²) in [5, 5.41) is 2.98. The Hall–Kier alpha value is -3.34. The van der Waals surface area contributed by atoms with Gasteiger partial charge >= 0.3 is 0 Å². The Morgan fingerprint density at radius 3 is 2.62 bits per heavy atom. The number of carbonyl (C=O) groups is 2. The maximum absolute atomic E-state index is 12.7. The molecule has 2 heterocycles. The third-order valence-electron chi connectivity index (χ3n) is 5.54. The van der Waals surface area contributed by atoms with Crippen LogP contribution in [-0.2, 0) is 17.8 Å². The first-order chi connectivity index (χ1) is 14.2. The molecule has 1 fully saturated rings. The SMILES string of the molecule is O=C(Nc1cccc(-c2cc3c(o2)CCN(C(=O)c2ccccc2)C3)c1)C1CC1. The molecule has 2 aromatic carbocycles. The van der Waals surface area contributed by atoms with Gasteiger partial charge in [0.05, 0.1) is 0 Å². The van der Waals surface area contributed by atoms with Crippen LogP contribution in [0.4, 0.5) is 5.69 Å². The lowest BCUT2D eigenvalue weighted by atomic mass is 10.1. The number of rotatable bonds is 4. The van der Waals surface area contributed by atoms with Crippen LogP contribution < -0.4 is 5.32 Å². The normalized spacial score (nSPS) is 15.7. The standard InChI is InChI=1S/C24H22N2O3/c27-23(16-9-10-16)25-20-8-4-7-18(13-20)22-14-19-15-26(12-11-21(19)29-22)24(28)17-5-2-1-3-6-17/h1-8,13-14,16H,9-12,15H2,(H,25,27).